The van der Waals surface area contributed by atoms with E-state index in [0.29, 0.717) is 31.5 Å². The lowest BCUT2D eigenvalue weighted by Crippen LogP contribution is -2.20. The van der Waals surface area contributed by atoms with E-state index in [1.807, 2.05) is 0 Å². The molecule has 8 heteroatoms. The number of fused-ring (bicyclic) bond motifs is 1. The van der Waals surface area contributed by atoms with Crippen LogP contribution in [0.2, 0.25) is 5.02 Å². The normalized spacial score (nSPS) is 11.4. The van der Waals surface area contributed by atoms with Crippen LogP contribution in [-0.2, 0) is 4.74 Å². The molecule has 0 fully saturated rings. The Bertz CT molecular complexity index is 1070. The maximum Gasteiger partial charge on any atom is 0.348 e. The topological polar surface area (TPSA) is 73.5 Å². The molecule has 0 aliphatic carbocycles. The average Bonchev–Trinajstić information content (AvgIpc) is 2.93. The number of hydrogen-bond donors (Lipinski definition) is 0. The first-order valence-electron chi connectivity index (χ1n) is 7.92. The second-order valence-electron chi connectivity index (χ2n) is 5.53. The zero-order valence-corrected chi connectivity index (χ0v) is 16.0. The van der Waals surface area contributed by atoms with Crippen LogP contribution in [0.5, 0.6) is 0 Å². The third-order valence-corrected chi connectivity index (χ3v) is 5.18. The summed E-state index contributed by atoms with van der Waals surface area (Å²) in [5.74, 6) is -0.00867. The van der Waals surface area contributed by atoms with Crippen molar-refractivity contribution in [2.45, 2.75) is 20.8 Å². The van der Waals surface area contributed by atoms with Gasteiger partial charge in [-0.05, 0) is 44.0 Å². The highest BCUT2D eigenvalue weighted by atomic mass is 35.5. The highest BCUT2D eigenvalue weighted by Crippen LogP contribution is 2.28. The fraction of sp³-hybridized carbons (Fsp3) is 0.222. The molecule has 2 heterocycles. The number of rotatable bonds is 4. The van der Waals surface area contributed by atoms with Crippen LogP contribution in [-0.4, -0.2) is 28.5 Å². The number of aryl methyl sites for hydroxylation is 2. The third kappa shape index (κ3) is 3.40. The van der Waals surface area contributed by atoms with E-state index in [9.17, 15) is 9.59 Å². The summed E-state index contributed by atoms with van der Waals surface area (Å²) >= 11 is 7.03. The molecule has 0 spiro atoms. The van der Waals surface area contributed by atoms with Gasteiger partial charge < -0.3 is 4.74 Å². The maximum atomic E-state index is 12.9. The molecule has 0 atom stereocenters. The molecule has 0 amide bonds. The standard InChI is InChI=1S/C18H16ClN3O3S/c1-4-25-18(24)15-10(2)14-16(26-15)21-11(3)22(17(14)23)20-9-12-5-7-13(19)8-6-12/h5-9H,4H2,1-3H3. The van der Waals surface area contributed by atoms with Crippen LogP contribution < -0.4 is 5.56 Å². The highest BCUT2D eigenvalue weighted by molar-refractivity contribution is 7.20. The Labute approximate surface area is 158 Å². The Hall–Kier alpha value is -2.51. The van der Waals surface area contributed by atoms with Crippen molar-refractivity contribution in [3.8, 4) is 0 Å². The van der Waals surface area contributed by atoms with Crippen molar-refractivity contribution in [3.05, 3.63) is 61.5 Å². The van der Waals surface area contributed by atoms with Crippen molar-refractivity contribution in [1.29, 1.82) is 0 Å². The summed E-state index contributed by atoms with van der Waals surface area (Å²) in [5, 5.41) is 5.26. The van der Waals surface area contributed by atoms with Crippen LogP contribution in [0.3, 0.4) is 0 Å². The van der Waals surface area contributed by atoms with Gasteiger partial charge in [-0.2, -0.15) is 9.78 Å². The minimum absolute atomic E-state index is 0.272. The van der Waals surface area contributed by atoms with Crippen molar-refractivity contribution >= 4 is 45.3 Å². The van der Waals surface area contributed by atoms with E-state index in [2.05, 4.69) is 10.1 Å². The van der Waals surface area contributed by atoms with Crippen LogP contribution in [0.1, 0.15) is 33.5 Å². The summed E-state index contributed by atoms with van der Waals surface area (Å²) in [6, 6.07) is 7.09. The van der Waals surface area contributed by atoms with E-state index >= 15 is 0 Å². The highest BCUT2D eigenvalue weighted by Gasteiger charge is 2.21. The van der Waals surface area contributed by atoms with Gasteiger partial charge in [0, 0.05) is 5.02 Å². The van der Waals surface area contributed by atoms with Gasteiger partial charge in [-0.3, -0.25) is 4.79 Å². The third-order valence-electron chi connectivity index (χ3n) is 3.76. The van der Waals surface area contributed by atoms with Gasteiger partial charge in [0.25, 0.3) is 5.56 Å². The zero-order valence-electron chi connectivity index (χ0n) is 14.4. The lowest BCUT2D eigenvalue weighted by atomic mass is 10.2. The molecule has 1 aromatic carbocycles. The Morgan fingerprint density at radius 1 is 1.35 bits per heavy atom. The van der Waals surface area contributed by atoms with Crippen LogP contribution in [0, 0.1) is 13.8 Å². The van der Waals surface area contributed by atoms with Gasteiger partial charge in [0.15, 0.2) is 0 Å². The van der Waals surface area contributed by atoms with Crippen molar-refractivity contribution in [2.75, 3.05) is 6.61 Å². The van der Waals surface area contributed by atoms with Crippen molar-refractivity contribution < 1.29 is 9.53 Å². The molecule has 0 saturated carbocycles. The number of aromatic nitrogens is 2. The Morgan fingerprint density at radius 2 is 2.04 bits per heavy atom. The molecule has 0 N–H and O–H groups in total. The van der Waals surface area contributed by atoms with Gasteiger partial charge >= 0.3 is 5.97 Å². The van der Waals surface area contributed by atoms with Gasteiger partial charge in [-0.1, -0.05) is 23.7 Å². The molecule has 134 valence electrons. The molecular weight excluding hydrogens is 374 g/mol. The molecule has 26 heavy (non-hydrogen) atoms. The predicted octanol–water partition coefficient (Wildman–Crippen LogP) is 3.79. The van der Waals surface area contributed by atoms with E-state index in [1.54, 1.807) is 51.3 Å². The smallest absolute Gasteiger partial charge is 0.348 e. The van der Waals surface area contributed by atoms with Crippen LogP contribution in [0.25, 0.3) is 10.2 Å². The molecule has 0 aliphatic rings. The number of nitrogens with zero attached hydrogens (tertiary/aromatic N) is 3. The Balaban J connectivity index is 2.09. The monoisotopic (exact) mass is 389 g/mol. The van der Waals surface area contributed by atoms with Crippen LogP contribution >= 0.6 is 22.9 Å². The van der Waals surface area contributed by atoms with Crippen molar-refractivity contribution in [3.63, 3.8) is 0 Å². The quantitative estimate of drug-likeness (QED) is 0.502. The largest absolute Gasteiger partial charge is 0.462 e. The summed E-state index contributed by atoms with van der Waals surface area (Å²) in [4.78, 5) is 30.3. The van der Waals surface area contributed by atoms with E-state index in [4.69, 9.17) is 16.3 Å². The van der Waals surface area contributed by atoms with Gasteiger partial charge in [-0.25, -0.2) is 9.78 Å². The number of carbonyl (C=O) groups is 1. The maximum absolute atomic E-state index is 12.9. The zero-order chi connectivity index (χ0) is 18.8. The van der Waals surface area contributed by atoms with E-state index in [0.717, 1.165) is 16.9 Å². The molecule has 3 rings (SSSR count). The fourth-order valence-corrected chi connectivity index (χ4v) is 3.71. The number of hydrogen-bond acceptors (Lipinski definition) is 6. The fourth-order valence-electron chi connectivity index (χ4n) is 2.48. The molecular formula is C18H16ClN3O3S. The summed E-state index contributed by atoms with van der Waals surface area (Å²) in [5.41, 5.74) is 1.05. The second-order valence-corrected chi connectivity index (χ2v) is 6.96. The lowest BCUT2D eigenvalue weighted by Gasteiger charge is -2.03. The van der Waals surface area contributed by atoms with E-state index < -0.39 is 5.97 Å². The predicted molar refractivity (Wildman–Crippen MR) is 104 cm³/mol. The average molecular weight is 390 g/mol. The number of carbonyl (C=O) groups excluding carboxylic acids is 1. The molecule has 6 nitrogen and oxygen atoms in total. The minimum Gasteiger partial charge on any atom is -0.462 e. The second kappa shape index (κ2) is 7.39. The first-order valence-corrected chi connectivity index (χ1v) is 9.11. The summed E-state index contributed by atoms with van der Waals surface area (Å²) in [7, 11) is 0. The molecule has 2 aromatic heterocycles. The Morgan fingerprint density at radius 3 is 2.69 bits per heavy atom. The molecule has 0 radical (unpaired) electrons. The summed E-state index contributed by atoms with van der Waals surface area (Å²) in [6.45, 7) is 5.42. The van der Waals surface area contributed by atoms with Gasteiger partial charge in [-0.15, -0.1) is 11.3 Å². The van der Waals surface area contributed by atoms with E-state index in [1.165, 1.54) is 4.68 Å². The minimum atomic E-state index is -0.443. The number of thiophene rings is 1. The van der Waals surface area contributed by atoms with Gasteiger partial charge in [0.2, 0.25) is 0 Å². The molecule has 3 aromatic rings. The number of halogens is 1. The van der Waals surface area contributed by atoms with Crippen molar-refractivity contribution in [2.24, 2.45) is 5.10 Å². The number of ether oxygens (including phenoxy) is 1. The summed E-state index contributed by atoms with van der Waals surface area (Å²) < 4.78 is 6.28. The molecule has 0 unspecified atom stereocenters. The van der Waals surface area contributed by atoms with Gasteiger partial charge in [0.1, 0.15) is 15.5 Å². The van der Waals surface area contributed by atoms with Gasteiger partial charge in [0.05, 0.1) is 18.2 Å². The number of benzene rings is 1. The van der Waals surface area contributed by atoms with Crippen LogP contribution in [0.15, 0.2) is 34.2 Å². The van der Waals surface area contributed by atoms with Crippen LogP contribution in [0.4, 0.5) is 0 Å². The SMILES string of the molecule is CCOC(=O)c1sc2nc(C)n(N=Cc3ccc(Cl)cc3)c(=O)c2c1C. The summed E-state index contributed by atoms with van der Waals surface area (Å²) in [6.07, 6.45) is 1.56. The Kier molecular flexibility index (Phi) is 5.20. The molecule has 0 aliphatic heterocycles. The lowest BCUT2D eigenvalue weighted by molar-refractivity contribution is 0.0531. The first-order chi connectivity index (χ1) is 12.4. The van der Waals surface area contributed by atoms with Crippen molar-refractivity contribution in [1.82, 2.24) is 9.66 Å². The van der Waals surface area contributed by atoms with E-state index in [-0.39, 0.29) is 12.2 Å². The molecule has 0 saturated heterocycles. The number of esters is 1. The first kappa shape index (κ1) is 18.3. The molecule has 0 bridgehead atoms.